The highest BCUT2D eigenvalue weighted by Gasteiger charge is 2.16. The quantitative estimate of drug-likeness (QED) is 0.871. The molecule has 0 aliphatic rings. The van der Waals surface area contributed by atoms with Gasteiger partial charge in [-0.05, 0) is 31.0 Å². The highest BCUT2D eigenvalue weighted by atomic mass is 32.1. The minimum Gasteiger partial charge on any atom is -0.383 e. The lowest BCUT2D eigenvalue weighted by Gasteiger charge is -2.10. The van der Waals surface area contributed by atoms with Gasteiger partial charge in [-0.2, -0.15) is 0 Å². The number of nitrogens with zero attached hydrogens (tertiary/aromatic N) is 1. The van der Waals surface area contributed by atoms with Crippen LogP contribution in [0.4, 0.5) is 4.39 Å². The second kappa shape index (κ2) is 4.31. The van der Waals surface area contributed by atoms with Crippen LogP contribution in [0.25, 0.3) is 0 Å². The Balaban J connectivity index is 2.38. The molecule has 0 spiro atoms. The van der Waals surface area contributed by atoms with E-state index in [4.69, 9.17) is 0 Å². The highest BCUT2D eigenvalue weighted by Crippen LogP contribution is 2.28. The van der Waals surface area contributed by atoms with Crippen molar-refractivity contribution in [2.45, 2.75) is 20.0 Å². The lowest BCUT2D eigenvalue weighted by molar-refractivity contribution is 0.222. The first-order valence-electron chi connectivity index (χ1n) is 4.93. The van der Waals surface area contributed by atoms with Crippen molar-refractivity contribution in [2.24, 2.45) is 0 Å². The predicted octanol–water partition coefficient (Wildman–Crippen LogP) is 2.98. The van der Waals surface area contributed by atoms with Gasteiger partial charge >= 0.3 is 0 Å². The van der Waals surface area contributed by atoms with E-state index in [9.17, 15) is 9.50 Å². The van der Waals surface area contributed by atoms with Crippen LogP contribution in [0.3, 0.4) is 0 Å². The van der Waals surface area contributed by atoms with Crippen LogP contribution >= 0.6 is 11.3 Å². The van der Waals surface area contributed by atoms with E-state index in [1.807, 2.05) is 6.92 Å². The minimum absolute atomic E-state index is 0.293. The molecule has 0 radical (unpaired) electrons. The molecule has 1 unspecified atom stereocenters. The number of rotatable bonds is 2. The normalized spacial score (nSPS) is 12.8. The van der Waals surface area contributed by atoms with Gasteiger partial charge in [0.15, 0.2) is 0 Å². The number of aromatic nitrogens is 1. The van der Waals surface area contributed by atoms with Gasteiger partial charge < -0.3 is 5.11 Å². The molecule has 84 valence electrons. The Morgan fingerprint density at radius 1 is 1.38 bits per heavy atom. The standard InChI is InChI=1S/C12H12FNOS/c1-7-3-4-9(5-10(7)13)11(15)12-8(2)14-6-16-12/h3-6,11,15H,1-2H3. The summed E-state index contributed by atoms with van der Waals surface area (Å²) in [5.74, 6) is -0.293. The first kappa shape index (κ1) is 11.2. The van der Waals surface area contributed by atoms with Gasteiger partial charge in [0.2, 0.25) is 0 Å². The molecule has 0 fully saturated rings. The molecule has 2 aromatic rings. The summed E-state index contributed by atoms with van der Waals surface area (Å²) in [7, 11) is 0. The fourth-order valence-corrected chi connectivity index (χ4v) is 2.32. The van der Waals surface area contributed by atoms with E-state index in [1.165, 1.54) is 17.4 Å². The molecule has 1 atom stereocenters. The zero-order chi connectivity index (χ0) is 11.7. The smallest absolute Gasteiger partial charge is 0.126 e. The number of benzene rings is 1. The average Bonchev–Trinajstić information content (AvgIpc) is 2.67. The van der Waals surface area contributed by atoms with Crippen molar-refractivity contribution in [2.75, 3.05) is 0 Å². The van der Waals surface area contributed by atoms with Crippen molar-refractivity contribution in [3.05, 3.63) is 51.2 Å². The highest BCUT2D eigenvalue weighted by molar-refractivity contribution is 7.09. The van der Waals surface area contributed by atoms with Gasteiger partial charge in [-0.3, -0.25) is 0 Å². The van der Waals surface area contributed by atoms with Gasteiger partial charge in [-0.1, -0.05) is 12.1 Å². The van der Waals surface area contributed by atoms with Crippen LogP contribution in [0.5, 0.6) is 0 Å². The van der Waals surface area contributed by atoms with Gasteiger partial charge in [0, 0.05) is 0 Å². The van der Waals surface area contributed by atoms with Gasteiger partial charge in [0.05, 0.1) is 16.1 Å². The molecule has 1 aromatic heterocycles. The largest absolute Gasteiger partial charge is 0.383 e. The summed E-state index contributed by atoms with van der Waals surface area (Å²) in [6.07, 6.45) is -0.789. The van der Waals surface area contributed by atoms with E-state index in [-0.39, 0.29) is 5.82 Å². The monoisotopic (exact) mass is 237 g/mol. The molecule has 0 saturated heterocycles. The maximum atomic E-state index is 13.4. The van der Waals surface area contributed by atoms with Crippen molar-refractivity contribution in [3.63, 3.8) is 0 Å². The summed E-state index contributed by atoms with van der Waals surface area (Å²) in [6.45, 7) is 3.53. The third-order valence-corrected chi connectivity index (χ3v) is 3.53. The topological polar surface area (TPSA) is 33.1 Å². The summed E-state index contributed by atoms with van der Waals surface area (Å²) in [4.78, 5) is 4.83. The second-order valence-corrected chi connectivity index (χ2v) is 4.60. The number of hydrogen-bond acceptors (Lipinski definition) is 3. The maximum absolute atomic E-state index is 13.4. The predicted molar refractivity (Wildman–Crippen MR) is 62.0 cm³/mol. The van der Waals surface area contributed by atoms with E-state index in [0.29, 0.717) is 11.1 Å². The van der Waals surface area contributed by atoms with Crippen molar-refractivity contribution < 1.29 is 9.50 Å². The molecular weight excluding hydrogens is 225 g/mol. The van der Waals surface area contributed by atoms with Gasteiger partial charge in [0.25, 0.3) is 0 Å². The van der Waals surface area contributed by atoms with Crippen LogP contribution in [0.15, 0.2) is 23.7 Å². The summed E-state index contributed by atoms with van der Waals surface area (Å²) in [5, 5.41) is 10.1. The summed E-state index contributed by atoms with van der Waals surface area (Å²) in [6, 6.07) is 4.78. The fraction of sp³-hybridized carbons (Fsp3) is 0.250. The molecule has 0 bridgehead atoms. The van der Waals surface area contributed by atoms with E-state index >= 15 is 0 Å². The third kappa shape index (κ3) is 1.99. The SMILES string of the molecule is Cc1ccc(C(O)c2scnc2C)cc1F. The fourth-order valence-electron chi connectivity index (χ4n) is 1.50. The maximum Gasteiger partial charge on any atom is 0.126 e. The molecule has 0 saturated carbocycles. The van der Waals surface area contributed by atoms with Crippen molar-refractivity contribution >= 4 is 11.3 Å². The van der Waals surface area contributed by atoms with Gasteiger partial charge in [-0.25, -0.2) is 9.37 Å². The third-order valence-electron chi connectivity index (χ3n) is 2.54. The number of aliphatic hydroxyl groups excluding tert-OH is 1. The van der Waals surface area contributed by atoms with Crippen LogP contribution in [0, 0.1) is 19.7 Å². The molecule has 0 amide bonds. The molecule has 1 aromatic carbocycles. The van der Waals surface area contributed by atoms with Crippen LogP contribution in [0.2, 0.25) is 0 Å². The first-order chi connectivity index (χ1) is 7.59. The van der Waals surface area contributed by atoms with Crippen LogP contribution < -0.4 is 0 Å². The Morgan fingerprint density at radius 2 is 2.12 bits per heavy atom. The molecule has 1 heterocycles. The Morgan fingerprint density at radius 3 is 2.69 bits per heavy atom. The summed E-state index contributed by atoms with van der Waals surface area (Å²) >= 11 is 1.38. The minimum atomic E-state index is -0.789. The van der Waals surface area contributed by atoms with E-state index < -0.39 is 6.10 Å². The molecule has 4 heteroatoms. The van der Waals surface area contributed by atoms with E-state index in [0.717, 1.165) is 10.6 Å². The summed E-state index contributed by atoms with van der Waals surface area (Å²) in [5.41, 5.74) is 3.62. The zero-order valence-corrected chi connectivity index (χ0v) is 9.88. The van der Waals surface area contributed by atoms with Crippen molar-refractivity contribution in [3.8, 4) is 0 Å². The zero-order valence-electron chi connectivity index (χ0n) is 9.07. The molecule has 2 rings (SSSR count). The summed E-state index contributed by atoms with van der Waals surface area (Å²) < 4.78 is 13.4. The molecule has 0 aliphatic heterocycles. The first-order valence-corrected chi connectivity index (χ1v) is 5.81. The number of halogens is 1. The molecule has 16 heavy (non-hydrogen) atoms. The van der Waals surface area contributed by atoms with Gasteiger partial charge in [0.1, 0.15) is 11.9 Å². The second-order valence-electron chi connectivity index (χ2n) is 3.71. The number of thiazole rings is 1. The Labute approximate surface area is 97.4 Å². The van der Waals surface area contributed by atoms with Gasteiger partial charge in [-0.15, -0.1) is 11.3 Å². The Bertz CT molecular complexity index is 509. The number of hydrogen-bond donors (Lipinski definition) is 1. The number of aryl methyl sites for hydroxylation is 2. The number of aliphatic hydroxyl groups is 1. The molecular formula is C12H12FNOS. The van der Waals surface area contributed by atoms with Crippen LogP contribution in [-0.2, 0) is 0 Å². The Hall–Kier alpha value is -1.26. The molecule has 1 N–H and O–H groups in total. The lowest BCUT2D eigenvalue weighted by Crippen LogP contribution is -2.00. The molecule has 2 nitrogen and oxygen atoms in total. The molecule has 0 aliphatic carbocycles. The van der Waals surface area contributed by atoms with E-state index in [2.05, 4.69) is 4.98 Å². The van der Waals surface area contributed by atoms with Crippen LogP contribution in [-0.4, -0.2) is 10.1 Å². The lowest BCUT2D eigenvalue weighted by atomic mass is 10.1. The Kier molecular flexibility index (Phi) is 3.03. The average molecular weight is 237 g/mol. The van der Waals surface area contributed by atoms with E-state index in [1.54, 1.807) is 24.6 Å². The van der Waals surface area contributed by atoms with Crippen molar-refractivity contribution in [1.29, 1.82) is 0 Å². The van der Waals surface area contributed by atoms with Crippen LogP contribution in [0.1, 0.15) is 27.8 Å². The van der Waals surface area contributed by atoms with Crippen molar-refractivity contribution in [1.82, 2.24) is 4.98 Å².